The molecule has 0 amide bonds. The van der Waals surface area contributed by atoms with E-state index in [-0.39, 0.29) is 0 Å². The highest BCUT2D eigenvalue weighted by atomic mass is 16.3. The zero-order valence-corrected chi connectivity index (χ0v) is 21.2. The summed E-state index contributed by atoms with van der Waals surface area (Å²) in [5.41, 5.74) is 9.12. The lowest BCUT2D eigenvalue weighted by Gasteiger charge is -2.21. The summed E-state index contributed by atoms with van der Waals surface area (Å²) in [6, 6.07) is 25.2. The second kappa shape index (κ2) is 8.87. The molecule has 0 aliphatic carbocycles. The van der Waals surface area contributed by atoms with Crippen molar-refractivity contribution in [1.29, 1.82) is 0 Å². The van der Waals surface area contributed by atoms with Gasteiger partial charge in [-0.15, -0.1) is 0 Å². The lowest BCUT2D eigenvalue weighted by molar-refractivity contribution is 0.582. The van der Waals surface area contributed by atoms with Gasteiger partial charge in [0.2, 0.25) is 0 Å². The molecule has 0 aliphatic rings. The quantitative estimate of drug-likeness (QED) is 0.242. The molecule has 0 radical (unpaired) electrons. The number of rotatable bonds is 6. The van der Waals surface area contributed by atoms with Gasteiger partial charge in [0.05, 0.1) is 29.4 Å². The van der Waals surface area contributed by atoms with Crippen molar-refractivity contribution in [2.45, 2.75) is 46.1 Å². The second-order valence-corrected chi connectivity index (χ2v) is 10.1. The van der Waals surface area contributed by atoms with E-state index in [0.717, 1.165) is 51.3 Å². The van der Waals surface area contributed by atoms with E-state index in [9.17, 15) is 0 Å². The molecule has 6 rings (SSSR count). The SMILES string of the molecule is CC(C)c1cccc(C(C)C)c1Cn1c(-c2coc3ccc(-c4ccco4)cc23)nc2ccccc21. The van der Waals surface area contributed by atoms with Crippen LogP contribution in [0.15, 0.2) is 94.2 Å². The van der Waals surface area contributed by atoms with Crippen LogP contribution in [0.5, 0.6) is 0 Å². The average molecular weight is 475 g/mol. The Balaban J connectivity index is 1.58. The van der Waals surface area contributed by atoms with Crippen molar-refractivity contribution in [2.24, 2.45) is 0 Å². The van der Waals surface area contributed by atoms with Crippen LogP contribution < -0.4 is 0 Å². The Morgan fingerprint density at radius 1 is 0.806 bits per heavy atom. The van der Waals surface area contributed by atoms with Crippen molar-refractivity contribution in [2.75, 3.05) is 0 Å². The van der Waals surface area contributed by atoms with E-state index in [1.54, 1.807) is 6.26 Å². The Labute approximate surface area is 211 Å². The molecule has 0 saturated heterocycles. The summed E-state index contributed by atoms with van der Waals surface area (Å²) in [6.07, 6.45) is 3.54. The van der Waals surface area contributed by atoms with Gasteiger partial charge in [0, 0.05) is 10.9 Å². The van der Waals surface area contributed by atoms with Gasteiger partial charge in [0.25, 0.3) is 0 Å². The Morgan fingerprint density at radius 3 is 2.31 bits per heavy atom. The molecule has 0 fully saturated rings. The van der Waals surface area contributed by atoms with Crippen LogP contribution in [0.3, 0.4) is 0 Å². The van der Waals surface area contributed by atoms with Gasteiger partial charge in [0.15, 0.2) is 0 Å². The van der Waals surface area contributed by atoms with E-state index in [4.69, 9.17) is 13.8 Å². The van der Waals surface area contributed by atoms with E-state index in [1.165, 1.54) is 16.7 Å². The number of hydrogen-bond acceptors (Lipinski definition) is 3. The first-order valence-corrected chi connectivity index (χ1v) is 12.6. The Bertz CT molecular complexity index is 1640. The minimum Gasteiger partial charge on any atom is -0.464 e. The largest absolute Gasteiger partial charge is 0.464 e. The molecule has 0 bridgehead atoms. The van der Waals surface area contributed by atoms with Crippen molar-refractivity contribution in [1.82, 2.24) is 9.55 Å². The van der Waals surface area contributed by atoms with E-state index >= 15 is 0 Å². The van der Waals surface area contributed by atoms with Gasteiger partial charge in [0.1, 0.15) is 23.4 Å². The highest BCUT2D eigenvalue weighted by molar-refractivity contribution is 5.96. The summed E-state index contributed by atoms with van der Waals surface area (Å²) in [6.45, 7) is 9.85. The van der Waals surface area contributed by atoms with Crippen molar-refractivity contribution in [3.63, 3.8) is 0 Å². The molecule has 6 aromatic rings. The van der Waals surface area contributed by atoms with Gasteiger partial charge < -0.3 is 13.4 Å². The monoisotopic (exact) mass is 474 g/mol. The average Bonchev–Trinajstić information content (AvgIpc) is 3.62. The number of fused-ring (bicyclic) bond motifs is 2. The van der Waals surface area contributed by atoms with Crippen molar-refractivity contribution in [3.8, 4) is 22.7 Å². The first kappa shape index (κ1) is 22.4. The van der Waals surface area contributed by atoms with Crippen molar-refractivity contribution < 1.29 is 8.83 Å². The maximum absolute atomic E-state index is 6.02. The van der Waals surface area contributed by atoms with Crippen LogP contribution >= 0.6 is 0 Å². The summed E-state index contributed by atoms with van der Waals surface area (Å²) in [4.78, 5) is 5.12. The van der Waals surface area contributed by atoms with Crippen molar-refractivity contribution in [3.05, 3.63) is 102 Å². The Morgan fingerprint density at radius 2 is 1.58 bits per heavy atom. The molecule has 4 heteroatoms. The van der Waals surface area contributed by atoms with E-state index in [0.29, 0.717) is 11.8 Å². The standard InChI is InChI=1S/C32H30N2O2/c1-20(2)23-9-7-10-24(21(3)4)26(23)18-34-29-12-6-5-11-28(29)33-32(34)27-19-36-31-15-14-22(17-25(27)31)30-13-8-16-35-30/h5-17,19-21H,18H2,1-4H3. The maximum Gasteiger partial charge on any atom is 0.145 e. The first-order chi connectivity index (χ1) is 17.5. The zero-order chi connectivity index (χ0) is 24.8. The predicted octanol–water partition coefficient (Wildman–Crippen LogP) is 9.00. The zero-order valence-electron chi connectivity index (χ0n) is 21.2. The molecular weight excluding hydrogens is 444 g/mol. The third-order valence-electron chi connectivity index (χ3n) is 7.08. The molecule has 180 valence electrons. The molecule has 36 heavy (non-hydrogen) atoms. The van der Waals surface area contributed by atoms with Crippen molar-refractivity contribution >= 4 is 22.0 Å². The number of furan rings is 2. The molecule has 0 atom stereocenters. The number of benzene rings is 3. The molecule has 3 aromatic heterocycles. The Kier molecular flexibility index (Phi) is 5.52. The molecule has 3 heterocycles. The van der Waals surface area contributed by atoms with E-state index in [1.807, 2.05) is 36.6 Å². The molecule has 0 spiro atoms. The van der Waals surface area contributed by atoms with Crippen LogP contribution in [0, 0.1) is 0 Å². The maximum atomic E-state index is 6.02. The second-order valence-electron chi connectivity index (χ2n) is 10.1. The molecular formula is C32H30N2O2. The fourth-order valence-electron chi connectivity index (χ4n) is 5.29. The first-order valence-electron chi connectivity index (χ1n) is 12.6. The summed E-state index contributed by atoms with van der Waals surface area (Å²) in [7, 11) is 0. The smallest absolute Gasteiger partial charge is 0.145 e. The fraction of sp³-hybridized carbons (Fsp3) is 0.219. The Hall–Kier alpha value is -4.05. The van der Waals surface area contributed by atoms with Crippen LogP contribution in [-0.4, -0.2) is 9.55 Å². The number of imidazole rings is 1. The molecule has 0 unspecified atom stereocenters. The normalized spacial score (nSPS) is 11.9. The lowest BCUT2D eigenvalue weighted by Crippen LogP contribution is -2.10. The highest BCUT2D eigenvalue weighted by Crippen LogP contribution is 2.37. The topological polar surface area (TPSA) is 44.1 Å². The fourth-order valence-corrected chi connectivity index (χ4v) is 5.29. The highest BCUT2D eigenvalue weighted by Gasteiger charge is 2.21. The lowest BCUT2D eigenvalue weighted by atomic mass is 9.88. The molecule has 3 aromatic carbocycles. The summed E-state index contributed by atoms with van der Waals surface area (Å²) < 4.78 is 14.0. The number of nitrogens with zero attached hydrogens (tertiary/aromatic N) is 2. The van der Waals surface area contributed by atoms with Gasteiger partial charge in [-0.05, 0) is 71.0 Å². The minimum absolute atomic E-state index is 0.433. The molecule has 0 N–H and O–H groups in total. The van der Waals surface area contributed by atoms with Crippen LogP contribution in [-0.2, 0) is 6.54 Å². The predicted molar refractivity (Wildman–Crippen MR) is 146 cm³/mol. The van der Waals surface area contributed by atoms with Crippen LogP contribution in [0.25, 0.3) is 44.7 Å². The molecule has 4 nitrogen and oxygen atoms in total. The van der Waals surface area contributed by atoms with Gasteiger partial charge in [-0.3, -0.25) is 0 Å². The molecule has 0 saturated carbocycles. The third kappa shape index (κ3) is 3.74. The van der Waals surface area contributed by atoms with Crippen LogP contribution in [0.4, 0.5) is 0 Å². The third-order valence-corrected chi connectivity index (χ3v) is 7.08. The van der Waals surface area contributed by atoms with Gasteiger partial charge in [-0.1, -0.05) is 58.0 Å². The van der Waals surface area contributed by atoms with Crippen LogP contribution in [0.1, 0.15) is 56.2 Å². The van der Waals surface area contributed by atoms with Gasteiger partial charge in [-0.25, -0.2) is 4.98 Å². The van der Waals surface area contributed by atoms with E-state index < -0.39 is 0 Å². The summed E-state index contributed by atoms with van der Waals surface area (Å²) >= 11 is 0. The van der Waals surface area contributed by atoms with E-state index in [2.05, 4.69) is 74.7 Å². The summed E-state index contributed by atoms with van der Waals surface area (Å²) in [5.74, 6) is 2.62. The number of hydrogen-bond donors (Lipinski definition) is 0. The molecule has 0 aliphatic heterocycles. The number of para-hydroxylation sites is 2. The summed E-state index contributed by atoms with van der Waals surface area (Å²) in [5, 5.41) is 1.03. The number of aromatic nitrogens is 2. The van der Waals surface area contributed by atoms with Crippen LogP contribution in [0.2, 0.25) is 0 Å². The van der Waals surface area contributed by atoms with Gasteiger partial charge in [-0.2, -0.15) is 0 Å². The van der Waals surface area contributed by atoms with Gasteiger partial charge >= 0.3 is 0 Å². The minimum atomic E-state index is 0.433.